The molecule has 0 spiro atoms. The van der Waals surface area contributed by atoms with Crippen molar-refractivity contribution in [2.24, 2.45) is 0 Å². The van der Waals surface area contributed by atoms with Crippen LogP contribution in [0.1, 0.15) is 47.3 Å². The number of aromatic nitrogens is 2. The third-order valence-electron chi connectivity index (χ3n) is 4.83. The summed E-state index contributed by atoms with van der Waals surface area (Å²) in [5, 5.41) is 4.85. The van der Waals surface area contributed by atoms with Crippen molar-refractivity contribution < 1.29 is 14.3 Å². The maximum Gasteiger partial charge on any atom is 0.255 e. The topological polar surface area (TPSA) is 73.3 Å². The number of benzene rings is 1. The zero-order valence-electron chi connectivity index (χ0n) is 16.0. The summed E-state index contributed by atoms with van der Waals surface area (Å²) in [7, 11) is 0. The molecular formula is C22H23N3O3S. The Morgan fingerprint density at radius 3 is 2.76 bits per heavy atom. The Balaban J connectivity index is 1.32. The number of pyridine rings is 1. The van der Waals surface area contributed by atoms with E-state index in [4.69, 9.17) is 9.47 Å². The lowest BCUT2D eigenvalue weighted by atomic mass is 10.2. The maximum absolute atomic E-state index is 12.6. The van der Waals surface area contributed by atoms with E-state index in [-0.39, 0.29) is 12.0 Å². The summed E-state index contributed by atoms with van der Waals surface area (Å²) in [6.07, 6.45) is 6.68. The molecule has 1 N–H and O–H groups in total. The van der Waals surface area contributed by atoms with Crippen LogP contribution in [0.4, 0.5) is 0 Å². The number of carbonyl (C=O) groups is 1. The summed E-state index contributed by atoms with van der Waals surface area (Å²) in [6.45, 7) is 0.718. The Bertz CT molecular complexity index is 923. The summed E-state index contributed by atoms with van der Waals surface area (Å²) in [6, 6.07) is 11.0. The minimum absolute atomic E-state index is 0.190. The van der Waals surface area contributed by atoms with Gasteiger partial charge in [-0.05, 0) is 43.4 Å². The molecule has 6 nitrogen and oxygen atoms in total. The van der Waals surface area contributed by atoms with Crippen molar-refractivity contribution in [3.05, 3.63) is 70.3 Å². The number of amides is 1. The van der Waals surface area contributed by atoms with Crippen molar-refractivity contribution in [3.8, 4) is 11.6 Å². The van der Waals surface area contributed by atoms with Crippen LogP contribution in [0.3, 0.4) is 0 Å². The number of hydrogen-bond acceptors (Lipinski definition) is 6. The van der Waals surface area contributed by atoms with E-state index in [2.05, 4.69) is 15.3 Å². The number of carbonyl (C=O) groups excluding carboxylic acids is 1. The number of hydrogen-bond donors (Lipinski definition) is 1. The minimum Gasteiger partial charge on any atom is -0.486 e. The van der Waals surface area contributed by atoms with E-state index in [9.17, 15) is 4.79 Å². The molecule has 29 heavy (non-hydrogen) atoms. The smallest absolute Gasteiger partial charge is 0.255 e. The van der Waals surface area contributed by atoms with Crippen LogP contribution in [0.2, 0.25) is 0 Å². The molecule has 4 rings (SSSR count). The quantitative estimate of drug-likeness (QED) is 0.598. The zero-order chi connectivity index (χ0) is 19.9. The van der Waals surface area contributed by atoms with Gasteiger partial charge >= 0.3 is 0 Å². The molecular weight excluding hydrogens is 386 g/mol. The largest absolute Gasteiger partial charge is 0.486 e. The Morgan fingerprint density at radius 1 is 1.14 bits per heavy atom. The molecule has 0 bridgehead atoms. The van der Waals surface area contributed by atoms with E-state index in [0.29, 0.717) is 30.3 Å². The molecule has 0 saturated heterocycles. The Morgan fingerprint density at radius 2 is 2.00 bits per heavy atom. The second kappa shape index (κ2) is 9.52. The van der Waals surface area contributed by atoms with E-state index in [1.165, 1.54) is 24.2 Å². The van der Waals surface area contributed by atoms with Crippen LogP contribution >= 0.6 is 11.3 Å². The zero-order valence-corrected chi connectivity index (χ0v) is 16.9. The van der Waals surface area contributed by atoms with E-state index in [1.54, 1.807) is 23.8 Å². The van der Waals surface area contributed by atoms with Crippen LogP contribution in [0.25, 0.3) is 0 Å². The number of ether oxygens (including phenoxy) is 2. The van der Waals surface area contributed by atoms with Gasteiger partial charge in [0.2, 0.25) is 5.88 Å². The predicted molar refractivity (Wildman–Crippen MR) is 111 cm³/mol. The van der Waals surface area contributed by atoms with Gasteiger partial charge < -0.3 is 14.8 Å². The van der Waals surface area contributed by atoms with Gasteiger partial charge in [0.05, 0.1) is 16.8 Å². The van der Waals surface area contributed by atoms with Crippen molar-refractivity contribution in [3.63, 3.8) is 0 Å². The summed E-state index contributed by atoms with van der Waals surface area (Å²) in [5.41, 5.74) is 4.01. The SMILES string of the molecule is O=C(NCc1ccc(OC2CCCC2)nc1)c1ccccc1OCc1cscn1. The fourth-order valence-corrected chi connectivity index (χ4v) is 3.82. The number of nitrogens with zero attached hydrogens (tertiary/aromatic N) is 2. The molecule has 1 saturated carbocycles. The van der Waals surface area contributed by atoms with Crippen molar-refractivity contribution >= 4 is 17.2 Å². The molecule has 150 valence electrons. The highest BCUT2D eigenvalue weighted by molar-refractivity contribution is 7.07. The highest BCUT2D eigenvalue weighted by atomic mass is 32.1. The van der Waals surface area contributed by atoms with E-state index >= 15 is 0 Å². The molecule has 1 aliphatic carbocycles. The fourth-order valence-electron chi connectivity index (χ4n) is 3.28. The second-order valence-electron chi connectivity index (χ2n) is 6.98. The van der Waals surface area contributed by atoms with Gasteiger partial charge in [0, 0.05) is 24.2 Å². The molecule has 7 heteroatoms. The van der Waals surface area contributed by atoms with E-state index in [0.717, 1.165) is 24.1 Å². The average Bonchev–Trinajstić information content (AvgIpc) is 3.46. The summed E-state index contributed by atoms with van der Waals surface area (Å²) < 4.78 is 11.7. The third kappa shape index (κ3) is 5.32. The molecule has 2 heterocycles. The summed E-state index contributed by atoms with van der Waals surface area (Å²) in [4.78, 5) is 21.2. The molecule has 1 amide bonds. The normalized spacial score (nSPS) is 13.9. The van der Waals surface area contributed by atoms with Crippen molar-refractivity contribution in [2.75, 3.05) is 0 Å². The van der Waals surface area contributed by atoms with Gasteiger partial charge in [-0.1, -0.05) is 18.2 Å². The molecule has 1 aromatic carbocycles. The van der Waals surface area contributed by atoms with Crippen LogP contribution in [-0.4, -0.2) is 22.0 Å². The molecule has 3 aromatic rings. The first-order chi connectivity index (χ1) is 14.3. The van der Waals surface area contributed by atoms with E-state index in [1.807, 2.05) is 29.6 Å². The molecule has 0 atom stereocenters. The molecule has 1 aliphatic rings. The van der Waals surface area contributed by atoms with Crippen LogP contribution in [0.5, 0.6) is 11.6 Å². The number of rotatable bonds is 8. The molecule has 0 aliphatic heterocycles. The highest BCUT2D eigenvalue weighted by Gasteiger charge is 2.17. The third-order valence-corrected chi connectivity index (χ3v) is 5.47. The average molecular weight is 410 g/mol. The standard InChI is InChI=1S/C22H23N3O3S/c26-22(19-7-3-4-8-20(19)27-13-17-14-29-15-25-17)24-12-16-9-10-21(23-11-16)28-18-5-1-2-6-18/h3-4,7-11,14-15,18H,1-2,5-6,12-13H2,(H,24,26). The highest BCUT2D eigenvalue weighted by Crippen LogP contribution is 2.23. The monoisotopic (exact) mass is 409 g/mol. The number of para-hydroxylation sites is 1. The Labute approximate surface area is 173 Å². The number of thiazole rings is 1. The molecule has 0 radical (unpaired) electrons. The van der Waals surface area contributed by atoms with Crippen LogP contribution in [0.15, 0.2) is 53.5 Å². The Kier molecular flexibility index (Phi) is 6.36. The van der Waals surface area contributed by atoms with Gasteiger partial charge in [0.25, 0.3) is 5.91 Å². The van der Waals surface area contributed by atoms with Crippen molar-refractivity contribution in [1.29, 1.82) is 0 Å². The fraction of sp³-hybridized carbons (Fsp3) is 0.318. The summed E-state index contributed by atoms with van der Waals surface area (Å²) >= 11 is 1.52. The van der Waals surface area contributed by atoms with Gasteiger partial charge in [-0.15, -0.1) is 11.3 Å². The van der Waals surface area contributed by atoms with E-state index < -0.39 is 0 Å². The van der Waals surface area contributed by atoms with Crippen molar-refractivity contribution in [2.45, 2.75) is 44.9 Å². The summed E-state index contributed by atoms with van der Waals surface area (Å²) in [5.74, 6) is 0.995. The van der Waals surface area contributed by atoms with Crippen LogP contribution < -0.4 is 14.8 Å². The second-order valence-corrected chi connectivity index (χ2v) is 7.69. The van der Waals surface area contributed by atoms with Gasteiger partial charge in [0.1, 0.15) is 18.5 Å². The lowest BCUT2D eigenvalue weighted by Gasteiger charge is -2.13. The van der Waals surface area contributed by atoms with Gasteiger partial charge in [-0.2, -0.15) is 0 Å². The lowest BCUT2D eigenvalue weighted by Crippen LogP contribution is -2.23. The molecule has 2 aromatic heterocycles. The predicted octanol–water partition coefficient (Wildman–Crippen LogP) is 4.37. The Hall–Kier alpha value is -2.93. The lowest BCUT2D eigenvalue weighted by molar-refractivity contribution is 0.0946. The maximum atomic E-state index is 12.6. The first kappa shape index (κ1) is 19.4. The molecule has 1 fully saturated rings. The van der Waals surface area contributed by atoms with Gasteiger partial charge in [-0.25, -0.2) is 9.97 Å². The molecule has 0 unspecified atom stereocenters. The van der Waals surface area contributed by atoms with Crippen LogP contribution in [0, 0.1) is 0 Å². The number of nitrogens with one attached hydrogen (secondary N) is 1. The van der Waals surface area contributed by atoms with Gasteiger partial charge in [0.15, 0.2) is 0 Å². The van der Waals surface area contributed by atoms with Crippen molar-refractivity contribution in [1.82, 2.24) is 15.3 Å². The van der Waals surface area contributed by atoms with Gasteiger partial charge in [-0.3, -0.25) is 4.79 Å². The minimum atomic E-state index is -0.190. The first-order valence-electron chi connectivity index (χ1n) is 9.76. The first-order valence-corrected chi connectivity index (χ1v) is 10.7. The van der Waals surface area contributed by atoms with Crippen LogP contribution in [-0.2, 0) is 13.2 Å².